The van der Waals surface area contributed by atoms with Gasteiger partial charge in [-0.25, -0.2) is 0 Å². The van der Waals surface area contributed by atoms with Crippen molar-refractivity contribution in [1.29, 1.82) is 0 Å². The summed E-state index contributed by atoms with van der Waals surface area (Å²) >= 11 is 5.57. The molecule has 0 aliphatic rings. The molecule has 0 atom stereocenters. The van der Waals surface area contributed by atoms with Crippen LogP contribution in [0.1, 0.15) is 11.1 Å². The molecule has 1 heterocycles. The van der Waals surface area contributed by atoms with Crippen LogP contribution in [0.4, 0.5) is 5.69 Å². The van der Waals surface area contributed by atoms with Crippen molar-refractivity contribution >= 4 is 34.1 Å². The Morgan fingerprint density at radius 3 is 2.59 bits per heavy atom. The van der Waals surface area contributed by atoms with Crippen molar-refractivity contribution < 1.29 is 9.53 Å². The third-order valence-corrected chi connectivity index (χ3v) is 4.92. The smallest absolute Gasteiger partial charge is 0.239 e. The van der Waals surface area contributed by atoms with Crippen molar-refractivity contribution in [2.24, 2.45) is 0 Å². The van der Waals surface area contributed by atoms with Crippen LogP contribution >= 0.6 is 11.6 Å². The molecule has 0 aliphatic carbocycles. The fraction of sp³-hybridized carbons (Fsp3) is 0.125. The van der Waals surface area contributed by atoms with E-state index in [1.165, 1.54) is 0 Å². The van der Waals surface area contributed by atoms with E-state index in [4.69, 9.17) is 16.3 Å². The van der Waals surface area contributed by atoms with E-state index >= 15 is 0 Å². The van der Waals surface area contributed by atoms with Gasteiger partial charge in [-0.1, -0.05) is 42.5 Å². The first-order valence-electron chi connectivity index (χ1n) is 9.41. The molecule has 0 unspecified atom stereocenters. The van der Waals surface area contributed by atoms with Crippen molar-refractivity contribution in [3.63, 3.8) is 0 Å². The molecule has 1 amide bonds. The summed E-state index contributed by atoms with van der Waals surface area (Å²) in [4.78, 5) is 11.5. The lowest BCUT2D eigenvalue weighted by Crippen LogP contribution is -2.12. The number of anilines is 1. The van der Waals surface area contributed by atoms with Gasteiger partial charge in [0.05, 0.1) is 0 Å². The van der Waals surface area contributed by atoms with Gasteiger partial charge in [-0.15, -0.1) is 11.6 Å². The van der Waals surface area contributed by atoms with Crippen molar-refractivity contribution in [2.75, 3.05) is 11.2 Å². The van der Waals surface area contributed by atoms with E-state index in [1.807, 2.05) is 48.5 Å². The van der Waals surface area contributed by atoms with Crippen LogP contribution < -0.4 is 10.1 Å². The van der Waals surface area contributed by atoms with E-state index in [-0.39, 0.29) is 11.8 Å². The van der Waals surface area contributed by atoms with Crippen LogP contribution in [0, 0.1) is 0 Å². The first-order chi connectivity index (χ1) is 14.2. The summed E-state index contributed by atoms with van der Waals surface area (Å²) in [5.41, 5.74) is 4.12. The van der Waals surface area contributed by atoms with E-state index in [0.717, 1.165) is 33.5 Å². The zero-order chi connectivity index (χ0) is 20.1. The normalized spacial score (nSPS) is 10.8. The van der Waals surface area contributed by atoms with Crippen LogP contribution in [0.15, 0.2) is 85.1 Å². The number of rotatable bonds is 7. The van der Waals surface area contributed by atoms with Gasteiger partial charge in [0, 0.05) is 29.3 Å². The Morgan fingerprint density at radius 2 is 1.76 bits per heavy atom. The first-order valence-corrected chi connectivity index (χ1v) is 9.95. The zero-order valence-electron chi connectivity index (χ0n) is 15.8. The van der Waals surface area contributed by atoms with Gasteiger partial charge in [0.25, 0.3) is 0 Å². The second kappa shape index (κ2) is 8.84. The Kier molecular flexibility index (Phi) is 5.82. The maximum Gasteiger partial charge on any atom is 0.239 e. The number of amides is 1. The molecule has 0 bridgehead atoms. The number of halogens is 1. The molecule has 3 aromatic carbocycles. The number of carbonyl (C=O) groups excluding carboxylic acids is 1. The standard InChI is InChI=1S/C24H21ClN2O2/c25-15-24(28)26-21-8-4-7-19(13-21)16-27-12-11-20-14-22(9-10-23(20)27)29-17-18-5-2-1-3-6-18/h1-14H,15-17H2,(H,26,28). The van der Waals surface area contributed by atoms with E-state index in [9.17, 15) is 4.79 Å². The van der Waals surface area contributed by atoms with Gasteiger partial charge in [0.1, 0.15) is 18.2 Å². The SMILES string of the molecule is O=C(CCl)Nc1cccc(Cn2ccc3cc(OCc4ccccc4)ccc32)c1. The number of benzene rings is 3. The van der Waals surface area contributed by atoms with Gasteiger partial charge >= 0.3 is 0 Å². The molecule has 1 N–H and O–H groups in total. The van der Waals surface area contributed by atoms with Crippen molar-refractivity contribution in [1.82, 2.24) is 4.57 Å². The van der Waals surface area contributed by atoms with Crippen LogP contribution in [0.2, 0.25) is 0 Å². The van der Waals surface area contributed by atoms with E-state index in [1.54, 1.807) is 0 Å². The number of aromatic nitrogens is 1. The fourth-order valence-corrected chi connectivity index (χ4v) is 3.35. The monoisotopic (exact) mass is 404 g/mol. The highest BCUT2D eigenvalue weighted by Crippen LogP contribution is 2.24. The van der Waals surface area contributed by atoms with Gasteiger partial charge < -0.3 is 14.6 Å². The van der Waals surface area contributed by atoms with Crippen LogP contribution in [0.25, 0.3) is 10.9 Å². The minimum atomic E-state index is -0.210. The largest absolute Gasteiger partial charge is 0.489 e. The van der Waals surface area contributed by atoms with Crippen LogP contribution in [0.5, 0.6) is 5.75 Å². The van der Waals surface area contributed by atoms with Gasteiger partial charge in [-0.2, -0.15) is 0 Å². The molecule has 5 heteroatoms. The Labute approximate surface area is 174 Å². The molecule has 0 aliphatic heterocycles. The molecule has 4 aromatic rings. The summed E-state index contributed by atoms with van der Waals surface area (Å²) in [6.07, 6.45) is 2.07. The Balaban J connectivity index is 1.48. The number of ether oxygens (including phenoxy) is 1. The second-order valence-corrected chi connectivity index (χ2v) is 7.09. The van der Waals surface area contributed by atoms with E-state index in [2.05, 4.69) is 46.4 Å². The molecule has 0 radical (unpaired) electrons. The van der Waals surface area contributed by atoms with Gasteiger partial charge in [-0.05, 0) is 47.5 Å². The topological polar surface area (TPSA) is 43.3 Å². The van der Waals surface area contributed by atoms with Crippen molar-refractivity contribution in [2.45, 2.75) is 13.2 Å². The molecule has 4 nitrogen and oxygen atoms in total. The average molecular weight is 405 g/mol. The molecule has 0 spiro atoms. The van der Waals surface area contributed by atoms with Gasteiger partial charge in [-0.3, -0.25) is 4.79 Å². The van der Waals surface area contributed by atoms with Gasteiger partial charge in [0.15, 0.2) is 0 Å². The number of nitrogens with one attached hydrogen (secondary N) is 1. The molecule has 1 aromatic heterocycles. The number of hydrogen-bond donors (Lipinski definition) is 1. The highest BCUT2D eigenvalue weighted by atomic mass is 35.5. The zero-order valence-corrected chi connectivity index (χ0v) is 16.6. The third kappa shape index (κ3) is 4.79. The molecular formula is C24H21ClN2O2. The molecule has 0 fully saturated rings. The highest BCUT2D eigenvalue weighted by Gasteiger charge is 2.06. The maximum absolute atomic E-state index is 11.5. The molecule has 146 valence electrons. The number of carbonyl (C=O) groups is 1. The average Bonchev–Trinajstić information content (AvgIpc) is 3.15. The summed E-state index contributed by atoms with van der Waals surface area (Å²) in [6, 6.07) is 26.2. The summed E-state index contributed by atoms with van der Waals surface area (Å²) in [5.74, 6) is 0.587. The minimum absolute atomic E-state index is 0.0544. The summed E-state index contributed by atoms with van der Waals surface area (Å²) in [5, 5.41) is 3.91. The predicted molar refractivity (Wildman–Crippen MR) is 118 cm³/mol. The van der Waals surface area contributed by atoms with E-state index < -0.39 is 0 Å². The van der Waals surface area contributed by atoms with Gasteiger partial charge in [0.2, 0.25) is 5.91 Å². The van der Waals surface area contributed by atoms with Crippen molar-refractivity contribution in [3.8, 4) is 5.75 Å². The molecular weight excluding hydrogens is 384 g/mol. The first kappa shape index (κ1) is 19.1. The number of nitrogens with zero attached hydrogens (tertiary/aromatic N) is 1. The minimum Gasteiger partial charge on any atom is -0.489 e. The highest BCUT2D eigenvalue weighted by molar-refractivity contribution is 6.29. The predicted octanol–water partition coefficient (Wildman–Crippen LogP) is 5.45. The summed E-state index contributed by atoms with van der Waals surface area (Å²) < 4.78 is 8.11. The maximum atomic E-state index is 11.5. The lowest BCUT2D eigenvalue weighted by molar-refractivity contribution is -0.113. The fourth-order valence-electron chi connectivity index (χ4n) is 3.29. The number of fused-ring (bicyclic) bond motifs is 1. The number of hydrogen-bond acceptors (Lipinski definition) is 2. The Bertz CT molecular complexity index is 1120. The molecule has 4 rings (SSSR count). The lowest BCUT2D eigenvalue weighted by Gasteiger charge is -2.10. The van der Waals surface area contributed by atoms with Crippen LogP contribution in [-0.2, 0) is 17.9 Å². The second-order valence-electron chi connectivity index (χ2n) is 6.82. The quantitative estimate of drug-likeness (QED) is 0.416. The molecule has 0 saturated heterocycles. The molecule has 29 heavy (non-hydrogen) atoms. The third-order valence-electron chi connectivity index (χ3n) is 4.68. The van der Waals surface area contributed by atoms with Crippen molar-refractivity contribution in [3.05, 3.63) is 96.2 Å². The van der Waals surface area contributed by atoms with Crippen LogP contribution in [0.3, 0.4) is 0 Å². The number of alkyl halides is 1. The summed E-state index contributed by atoms with van der Waals surface area (Å²) in [6.45, 7) is 1.26. The Hall–Kier alpha value is -3.24. The summed E-state index contributed by atoms with van der Waals surface area (Å²) in [7, 11) is 0. The lowest BCUT2D eigenvalue weighted by atomic mass is 10.2. The van der Waals surface area contributed by atoms with Crippen LogP contribution in [-0.4, -0.2) is 16.4 Å². The Morgan fingerprint density at radius 1 is 0.931 bits per heavy atom. The van der Waals surface area contributed by atoms with E-state index in [0.29, 0.717) is 13.2 Å². The molecule has 0 saturated carbocycles.